The monoisotopic (exact) mass is 239 g/mol. The average Bonchev–Trinajstić information content (AvgIpc) is 2.96. The Balaban J connectivity index is 2.28. The number of hydrogen-bond acceptors (Lipinski definition) is 1. The van der Waals surface area contributed by atoms with Crippen molar-refractivity contribution in [2.24, 2.45) is 10.8 Å². The zero-order chi connectivity index (χ0) is 12.9. The third kappa shape index (κ3) is 7.08. The Labute approximate surface area is 109 Å². The molecule has 1 saturated carbocycles. The molecule has 0 radical (unpaired) electrons. The van der Waals surface area contributed by atoms with Crippen LogP contribution in [0.5, 0.6) is 0 Å². The van der Waals surface area contributed by atoms with Crippen molar-refractivity contribution in [3.05, 3.63) is 0 Å². The minimum absolute atomic E-state index is 0.497. The number of nitrogens with one attached hydrogen (secondary N) is 1. The molecule has 1 aliphatic rings. The number of rotatable bonds is 8. The largest absolute Gasteiger partial charge is 0.313 e. The number of hydrogen-bond donors (Lipinski definition) is 1. The van der Waals surface area contributed by atoms with Crippen molar-refractivity contribution in [1.29, 1.82) is 0 Å². The fraction of sp³-hybridized carbons (Fsp3) is 1.00. The molecule has 1 atom stereocenters. The summed E-state index contributed by atoms with van der Waals surface area (Å²) in [5.41, 5.74) is 1.03. The Bertz CT molecular complexity index is 212. The topological polar surface area (TPSA) is 12.0 Å². The predicted molar refractivity (Wildman–Crippen MR) is 77.3 cm³/mol. The van der Waals surface area contributed by atoms with Crippen LogP contribution in [0.2, 0.25) is 0 Å². The highest BCUT2D eigenvalue weighted by molar-refractivity contribution is 4.85. The smallest absolute Gasteiger partial charge is 0.00684 e. The minimum Gasteiger partial charge on any atom is -0.313 e. The fourth-order valence-corrected chi connectivity index (χ4v) is 2.63. The van der Waals surface area contributed by atoms with Crippen LogP contribution < -0.4 is 5.32 Å². The van der Waals surface area contributed by atoms with Gasteiger partial charge in [-0.05, 0) is 42.9 Å². The van der Waals surface area contributed by atoms with E-state index in [-0.39, 0.29) is 0 Å². The summed E-state index contributed by atoms with van der Waals surface area (Å²) in [6.45, 7) is 13.1. The normalized spacial score (nSPS) is 20.3. The van der Waals surface area contributed by atoms with Crippen LogP contribution in [0.1, 0.15) is 79.6 Å². The quantitative estimate of drug-likeness (QED) is 0.644. The Morgan fingerprint density at radius 1 is 1.00 bits per heavy atom. The van der Waals surface area contributed by atoms with Crippen molar-refractivity contribution in [1.82, 2.24) is 5.32 Å². The molecule has 17 heavy (non-hydrogen) atoms. The maximum Gasteiger partial charge on any atom is 0.00684 e. The molecular formula is C16H33N. The van der Waals surface area contributed by atoms with E-state index in [1.54, 1.807) is 0 Å². The second-order valence-corrected chi connectivity index (χ2v) is 7.63. The molecule has 0 amide bonds. The van der Waals surface area contributed by atoms with E-state index < -0.39 is 0 Å². The first kappa shape index (κ1) is 15.0. The molecule has 0 aromatic rings. The van der Waals surface area contributed by atoms with Crippen LogP contribution in [0.15, 0.2) is 0 Å². The van der Waals surface area contributed by atoms with Gasteiger partial charge in [0, 0.05) is 12.6 Å². The van der Waals surface area contributed by atoms with E-state index in [9.17, 15) is 0 Å². The van der Waals surface area contributed by atoms with Crippen LogP contribution in [-0.4, -0.2) is 12.6 Å². The highest BCUT2D eigenvalue weighted by Gasteiger charge is 2.28. The van der Waals surface area contributed by atoms with Gasteiger partial charge in [0.15, 0.2) is 0 Å². The molecule has 102 valence electrons. The molecule has 0 aliphatic heterocycles. The van der Waals surface area contributed by atoms with Gasteiger partial charge in [-0.25, -0.2) is 0 Å². The van der Waals surface area contributed by atoms with Gasteiger partial charge < -0.3 is 5.32 Å². The highest BCUT2D eigenvalue weighted by atomic mass is 15.0. The van der Waals surface area contributed by atoms with E-state index in [1.807, 2.05) is 0 Å². The Morgan fingerprint density at radius 3 is 2.12 bits per heavy atom. The van der Waals surface area contributed by atoms with Gasteiger partial charge in [-0.3, -0.25) is 0 Å². The standard InChI is InChI=1S/C16H33N/c1-6-10-16(5,13-17-14-8-9-14)12-7-11-15(2,3)4/h14,17H,6-13H2,1-5H3. The van der Waals surface area contributed by atoms with Crippen LogP contribution in [0.4, 0.5) is 0 Å². The molecular weight excluding hydrogens is 206 g/mol. The molecule has 0 aromatic heterocycles. The first-order valence-corrected chi connectivity index (χ1v) is 7.58. The van der Waals surface area contributed by atoms with Crippen LogP contribution in [0.3, 0.4) is 0 Å². The molecule has 0 bridgehead atoms. The Morgan fingerprint density at radius 2 is 1.65 bits per heavy atom. The van der Waals surface area contributed by atoms with Crippen molar-refractivity contribution in [3.8, 4) is 0 Å². The van der Waals surface area contributed by atoms with Crippen molar-refractivity contribution in [2.45, 2.75) is 85.6 Å². The van der Waals surface area contributed by atoms with Crippen LogP contribution in [0.25, 0.3) is 0 Å². The molecule has 1 heteroatoms. The zero-order valence-electron chi connectivity index (χ0n) is 12.7. The minimum atomic E-state index is 0.497. The van der Waals surface area contributed by atoms with E-state index in [0.717, 1.165) is 6.04 Å². The van der Waals surface area contributed by atoms with Crippen LogP contribution in [0, 0.1) is 10.8 Å². The second-order valence-electron chi connectivity index (χ2n) is 7.63. The van der Waals surface area contributed by atoms with E-state index in [0.29, 0.717) is 10.8 Å². The summed E-state index contributed by atoms with van der Waals surface area (Å²) in [5, 5.41) is 3.73. The maximum atomic E-state index is 3.73. The van der Waals surface area contributed by atoms with Crippen molar-refractivity contribution in [3.63, 3.8) is 0 Å². The Hall–Kier alpha value is -0.0400. The van der Waals surface area contributed by atoms with Gasteiger partial charge in [-0.1, -0.05) is 47.5 Å². The second kappa shape index (κ2) is 6.22. The lowest BCUT2D eigenvalue weighted by atomic mass is 9.78. The van der Waals surface area contributed by atoms with Crippen molar-refractivity contribution in [2.75, 3.05) is 6.54 Å². The van der Waals surface area contributed by atoms with Crippen molar-refractivity contribution < 1.29 is 0 Å². The molecule has 1 unspecified atom stereocenters. The van der Waals surface area contributed by atoms with E-state index in [2.05, 4.69) is 39.9 Å². The molecule has 1 rings (SSSR count). The molecule has 0 saturated heterocycles. The molecule has 1 aliphatic carbocycles. The summed E-state index contributed by atoms with van der Waals surface area (Å²) < 4.78 is 0. The zero-order valence-corrected chi connectivity index (χ0v) is 12.7. The molecule has 1 N–H and O–H groups in total. The molecule has 0 heterocycles. The molecule has 1 fully saturated rings. The summed E-state index contributed by atoms with van der Waals surface area (Å²) in [4.78, 5) is 0. The van der Waals surface area contributed by atoms with Gasteiger partial charge in [0.2, 0.25) is 0 Å². The van der Waals surface area contributed by atoms with Gasteiger partial charge in [0.25, 0.3) is 0 Å². The van der Waals surface area contributed by atoms with Gasteiger partial charge in [-0.15, -0.1) is 0 Å². The van der Waals surface area contributed by atoms with Gasteiger partial charge in [0.05, 0.1) is 0 Å². The van der Waals surface area contributed by atoms with E-state index >= 15 is 0 Å². The summed E-state index contributed by atoms with van der Waals surface area (Å²) >= 11 is 0. The van der Waals surface area contributed by atoms with Gasteiger partial charge in [0.1, 0.15) is 0 Å². The van der Waals surface area contributed by atoms with Crippen molar-refractivity contribution >= 4 is 0 Å². The van der Waals surface area contributed by atoms with E-state index in [1.165, 1.54) is 51.5 Å². The molecule has 0 aromatic carbocycles. The lowest BCUT2D eigenvalue weighted by molar-refractivity contribution is 0.229. The molecule has 1 nitrogen and oxygen atoms in total. The third-order valence-electron chi connectivity index (χ3n) is 3.96. The van der Waals surface area contributed by atoms with Crippen LogP contribution in [-0.2, 0) is 0 Å². The van der Waals surface area contributed by atoms with Crippen LogP contribution >= 0.6 is 0 Å². The summed E-state index contributed by atoms with van der Waals surface area (Å²) in [7, 11) is 0. The highest BCUT2D eigenvalue weighted by Crippen LogP contribution is 2.33. The Kier molecular flexibility index (Phi) is 5.50. The summed E-state index contributed by atoms with van der Waals surface area (Å²) in [6, 6.07) is 0.855. The van der Waals surface area contributed by atoms with Gasteiger partial charge >= 0.3 is 0 Å². The fourth-order valence-electron chi connectivity index (χ4n) is 2.63. The third-order valence-corrected chi connectivity index (χ3v) is 3.96. The lowest BCUT2D eigenvalue weighted by Crippen LogP contribution is -2.33. The van der Waals surface area contributed by atoms with Gasteiger partial charge in [-0.2, -0.15) is 0 Å². The first-order chi connectivity index (χ1) is 7.85. The van der Waals surface area contributed by atoms with E-state index in [4.69, 9.17) is 0 Å². The lowest BCUT2D eigenvalue weighted by Gasteiger charge is -2.31. The average molecular weight is 239 g/mol. The first-order valence-electron chi connectivity index (χ1n) is 7.58. The summed E-state index contributed by atoms with van der Waals surface area (Å²) in [6.07, 6.45) is 9.63. The predicted octanol–water partition coefficient (Wildman–Crippen LogP) is 4.76. The molecule has 0 spiro atoms. The SMILES string of the molecule is CCCC(C)(CCCC(C)(C)C)CNC1CC1. The summed E-state index contributed by atoms with van der Waals surface area (Å²) in [5.74, 6) is 0. The maximum absolute atomic E-state index is 3.73.